The highest BCUT2D eigenvalue weighted by atomic mass is 32.2. The van der Waals surface area contributed by atoms with E-state index in [9.17, 15) is 4.79 Å². The van der Waals surface area contributed by atoms with Crippen LogP contribution in [0.5, 0.6) is 0 Å². The van der Waals surface area contributed by atoms with Gasteiger partial charge < -0.3 is 15.0 Å². The Hall–Kier alpha value is -1.04. The Kier molecular flexibility index (Phi) is 5.88. The number of amides is 1. The van der Waals surface area contributed by atoms with Crippen molar-refractivity contribution in [1.82, 2.24) is 10.2 Å². The van der Waals surface area contributed by atoms with Crippen LogP contribution in [-0.2, 0) is 9.53 Å². The molecule has 0 radical (unpaired) electrons. The number of ether oxygens (including phenoxy) is 1. The van der Waals surface area contributed by atoms with Gasteiger partial charge in [-0.3, -0.25) is 4.79 Å². The minimum absolute atomic E-state index is 0.199. The van der Waals surface area contributed by atoms with E-state index in [1.165, 1.54) is 5.56 Å². The number of nitrogens with one attached hydrogen (secondary N) is 1. The topological polar surface area (TPSA) is 41.6 Å². The summed E-state index contributed by atoms with van der Waals surface area (Å²) in [4.78, 5) is 15.1. The van der Waals surface area contributed by atoms with E-state index < -0.39 is 0 Å². The molecule has 1 heterocycles. The van der Waals surface area contributed by atoms with Crippen LogP contribution in [0.2, 0.25) is 0 Å². The summed E-state index contributed by atoms with van der Waals surface area (Å²) in [5.74, 6) is 0.697. The fourth-order valence-electron chi connectivity index (χ4n) is 2.09. The van der Waals surface area contributed by atoms with Crippen molar-refractivity contribution in [3.05, 3.63) is 29.8 Å². The Morgan fingerprint density at radius 2 is 2.20 bits per heavy atom. The van der Waals surface area contributed by atoms with E-state index in [1.807, 2.05) is 18.0 Å². The first kappa shape index (κ1) is 15.4. The third-order valence-corrected chi connectivity index (χ3v) is 4.50. The van der Waals surface area contributed by atoms with Gasteiger partial charge in [0.25, 0.3) is 0 Å². The Balaban J connectivity index is 1.88. The molecular formula is C15H22N2O2S. The number of hydrogen-bond acceptors (Lipinski definition) is 4. The summed E-state index contributed by atoms with van der Waals surface area (Å²) in [7, 11) is 1.95. The first-order chi connectivity index (χ1) is 9.70. The predicted octanol–water partition coefficient (Wildman–Crippen LogP) is 1.92. The monoisotopic (exact) mass is 294 g/mol. The number of carbonyl (C=O) groups excluding carboxylic acids is 1. The number of benzene rings is 1. The zero-order chi connectivity index (χ0) is 14.4. The smallest absolute Gasteiger partial charge is 0.233 e. The molecule has 0 spiro atoms. The second kappa shape index (κ2) is 7.67. The molecule has 1 aromatic rings. The van der Waals surface area contributed by atoms with Crippen LogP contribution in [0.4, 0.5) is 0 Å². The van der Waals surface area contributed by atoms with Crippen LogP contribution >= 0.6 is 11.8 Å². The number of rotatable bonds is 5. The van der Waals surface area contributed by atoms with Gasteiger partial charge in [-0.2, -0.15) is 0 Å². The molecule has 0 bridgehead atoms. The van der Waals surface area contributed by atoms with Crippen molar-refractivity contribution in [2.24, 2.45) is 0 Å². The lowest BCUT2D eigenvalue weighted by Crippen LogP contribution is -2.41. The Labute approximate surface area is 124 Å². The van der Waals surface area contributed by atoms with Crippen LogP contribution in [0.25, 0.3) is 0 Å². The van der Waals surface area contributed by atoms with Crippen LogP contribution < -0.4 is 5.32 Å². The highest BCUT2D eigenvalue weighted by Crippen LogP contribution is 2.22. The van der Waals surface area contributed by atoms with Crippen molar-refractivity contribution >= 4 is 17.7 Å². The molecule has 5 heteroatoms. The van der Waals surface area contributed by atoms with Crippen molar-refractivity contribution in [2.75, 3.05) is 39.1 Å². The van der Waals surface area contributed by atoms with Gasteiger partial charge in [0.1, 0.15) is 0 Å². The van der Waals surface area contributed by atoms with Gasteiger partial charge >= 0.3 is 0 Å². The Morgan fingerprint density at radius 3 is 2.90 bits per heavy atom. The first-order valence-electron chi connectivity index (χ1n) is 6.96. The molecule has 0 aromatic heterocycles. The number of morpholine rings is 1. The fourth-order valence-corrected chi connectivity index (χ4v) is 2.96. The van der Waals surface area contributed by atoms with Gasteiger partial charge in [0.15, 0.2) is 0 Å². The van der Waals surface area contributed by atoms with Gasteiger partial charge in [-0.05, 0) is 31.7 Å². The summed E-state index contributed by atoms with van der Waals surface area (Å²) in [5, 5.41) is 3.23. The van der Waals surface area contributed by atoms with Crippen molar-refractivity contribution in [2.45, 2.75) is 17.9 Å². The average molecular weight is 294 g/mol. The van der Waals surface area contributed by atoms with E-state index >= 15 is 0 Å². The first-order valence-corrected chi connectivity index (χ1v) is 7.95. The third-order valence-electron chi connectivity index (χ3n) is 3.52. The maximum absolute atomic E-state index is 12.1. The van der Waals surface area contributed by atoms with Gasteiger partial charge in [-0.1, -0.05) is 12.1 Å². The van der Waals surface area contributed by atoms with Gasteiger partial charge in [0, 0.05) is 24.0 Å². The van der Waals surface area contributed by atoms with Gasteiger partial charge in [-0.25, -0.2) is 0 Å². The van der Waals surface area contributed by atoms with Gasteiger partial charge in [0.05, 0.1) is 19.0 Å². The summed E-state index contributed by atoms with van der Waals surface area (Å²) in [6.07, 6.45) is 0. The van der Waals surface area contributed by atoms with Crippen LogP contribution in [0.15, 0.2) is 29.2 Å². The van der Waals surface area contributed by atoms with E-state index in [0.29, 0.717) is 25.0 Å². The van der Waals surface area contributed by atoms with Crippen molar-refractivity contribution in [3.63, 3.8) is 0 Å². The predicted molar refractivity (Wildman–Crippen MR) is 82.0 cm³/mol. The molecule has 1 unspecified atom stereocenters. The minimum Gasteiger partial charge on any atom is -0.378 e. The molecule has 1 fully saturated rings. The molecule has 0 saturated carbocycles. The largest absolute Gasteiger partial charge is 0.378 e. The molecule has 0 aliphatic carbocycles. The van der Waals surface area contributed by atoms with Crippen LogP contribution in [0.3, 0.4) is 0 Å². The summed E-state index contributed by atoms with van der Waals surface area (Å²) in [6.45, 7) is 4.88. The molecule has 1 amide bonds. The summed E-state index contributed by atoms with van der Waals surface area (Å²) >= 11 is 1.60. The van der Waals surface area contributed by atoms with E-state index in [4.69, 9.17) is 4.74 Å². The lowest BCUT2D eigenvalue weighted by Gasteiger charge is -2.26. The number of nitrogens with zero attached hydrogens (tertiary/aromatic N) is 1. The van der Waals surface area contributed by atoms with Crippen LogP contribution in [0.1, 0.15) is 18.5 Å². The summed E-state index contributed by atoms with van der Waals surface area (Å²) in [6, 6.07) is 8.69. The standard InChI is InChI=1S/C15H22N2O2S/c1-12(16-2)13-4-3-5-14(10-13)20-11-15(18)17-6-8-19-9-7-17/h3-5,10,12,16H,6-9,11H2,1-2H3. The Bertz CT molecular complexity index is 447. The molecule has 1 aromatic carbocycles. The lowest BCUT2D eigenvalue weighted by atomic mass is 10.1. The second-order valence-electron chi connectivity index (χ2n) is 4.86. The molecule has 2 rings (SSSR count). The molecule has 1 aliphatic rings. The number of hydrogen-bond donors (Lipinski definition) is 1. The minimum atomic E-state index is 0.199. The average Bonchev–Trinajstić information content (AvgIpc) is 2.53. The van der Waals surface area contributed by atoms with Gasteiger partial charge in [-0.15, -0.1) is 11.8 Å². The van der Waals surface area contributed by atoms with Crippen molar-refractivity contribution < 1.29 is 9.53 Å². The lowest BCUT2D eigenvalue weighted by molar-refractivity contribution is -0.132. The second-order valence-corrected chi connectivity index (χ2v) is 5.91. The van der Waals surface area contributed by atoms with Crippen LogP contribution in [0, 0.1) is 0 Å². The maximum atomic E-state index is 12.1. The molecule has 110 valence electrons. The SMILES string of the molecule is CNC(C)c1cccc(SCC(=O)N2CCOCC2)c1. The normalized spacial score (nSPS) is 17.0. The number of carbonyl (C=O) groups is 1. The fraction of sp³-hybridized carbons (Fsp3) is 0.533. The number of thioether (sulfide) groups is 1. The maximum Gasteiger partial charge on any atom is 0.233 e. The molecule has 4 nitrogen and oxygen atoms in total. The van der Waals surface area contributed by atoms with E-state index in [2.05, 4.69) is 30.4 Å². The zero-order valence-electron chi connectivity index (χ0n) is 12.1. The summed E-state index contributed by atoms with van der Waals surface area (Å²) < 4.78 is 5.26. The van der Waals surface area contributed by atoms with Crippen molar-refractivity contribution in [1.29, 1.82) is 0 Å². The molecule has 20 heavy (non-hydrogen) atoms. The summed E-state index contributed by atoms with van der Waals surface area (Å²) in [5.41, 5.74) is 1.25. The van der Waals surface area contributed by atoms with Crippen molar-refractivity contribution in [3.8, 4) is 0 Å². The molecule has 1 aliphatic heterocycles. The van der Waals surface area contributed by atoms with E-state index in [0.717, 1.165) is 18.0 Å². The molecule has 1 atom stereocenters. The van der Waals surface area contributed by atoms with E-state index in [1.54, 1.807) is 11.8 Å². The molecular weight excluding hydrogens is 272 g/mol. The molecule has 1 N–H and O–H groups in total. The molecule has 1 saturated heterocycles. The highest BCUT2D eigenvalue weighted by molar-refractivity contribution is 8.00. The highest BCUT2D eigenvalue weighted by Gasteiger charge is 2.16. The van der Waals surface area contributed by atoms with Gasteiger partial charge in [0.2, 0.25) is 5.91 Å². The van der Waals surface area contributed by atoms with E-state index in [-0.39, 0.29) is 5.91 Å². The quantitative estimate of drug-likeness (QED) is 0.843. The zero-order valence-corrected chi connectivity index (χ0v) is 12.9. The third kappa shape index (κ3) is 4.23. The van der Waals surface area contributed by atoms with Crippen LogP contribution in [-0.4, -0.2) is 49.9 Å². The Morgan fingerprint density at radius 1 is 1.45 bits per heavy atom.